The first-order valence-electron chi connectivity index (χ1n) is 5.92. The lowest BCUT2D eigenvalue weighted by Gasteiger charge is -2.19. The fourth-order valence-corrected chi connectivity index (χ4v) is 2.77. The van der Waals surface area contributed by atoms with Gasteiger partial charge in [0.05, 0.1) is 17.7 Å². The Morgan fingerprint density at radius 2 is 2.28 bits per heavy atom. The van der Waals surface area contributed by atoms with E-state index in [1.807, 2.05) is 25.1 Å². The summed E-state index contributed by atoms with van der Waals surface area (Å²) >= 11 is 3.42. The topological polar surface area (TPSA) is 50.4 Å². The van der Waals surface area contributed by atoms with Crippen molar-refractivity contribution >= 4 is 21.8 Å². The third-order valence-electron chi connectivity index (χ3n) is 3.15. The second-order valence-electron chi connectivity index (χ2n) is 4.50. The molecule has 0 spiro atoms. The number of carbonyl (C=O) groups is 1. The molecular weight excluding hydrogens is 296 g/mol. The molecule has 1 aromatic carbocycles. The number of hydrogen-bond donors (Lipinski definition) is 2. The molecule has 0 aliphatic carbocycles. The van der Waals surface area contributed by atoms with Crippen LogP contribution in [0.4, 0.5) is 0 Å². The van der Waals surface area contributed by atoms with Crippen molar-refractivity contribution in [2.45, 2.75) is 19.1 Å². The lowest BCUT2D eigenvalue weighted by molar-refractivity contribution is 0.0779. The number of ether oxygens (including phenoxy) is 1. The summed E-state index contributed by atoms with van der Waals surface area (Å²) in [6.45, 7) is 3.51. The summed E-state index contributed by atoms with van der Waals surface area (Å²) in [4.78, 5) is 12.2. The number of carbonyl (C=O) groups excluding carboxylic acids is 1. The van der Waals surface area contributed by atoms with Crippen LogP contribution in [0.5, 0.6) is 0 Å². The summed E-state index contributed by atoms with van der Waals surface area (Å²) in [6, 6.07) is 5.73. The number of rotatable bonds is 3. The van der Waals surface area contributed by atoms with Gasteiger partial charge in [0.15, 0.2) is 0 Å². The minimum atomic E-state index is -0.0716. The number of benzene rings is 1. The summed E-state index contributed by atoms with van der Waals surface area (Å²) < 4.78 is 6.14. The zero-order valence-corrected chi connectivity index (χ0v) is 12.1. The zero-order valence-electron chi connectivity index (χ0n) is 10.5. The molecule has 2 N–H and O–H groups in total. The Labute approximate surface area is 115 Å². The molecule has 0 radical (unpaired) electrons. The average molecular weight is 313 g/mol. The predicted octanol–water partition coefficient (Wildman–Crippen LogP) is 1.47. The molecule has 0 saturated carbocycles. The van der Waals surface area contributed by atoms with Crippen LogP contribution in [0, 0.1) is 6.92 Å². The van der Waals surface area contributed by atoms with Crippen LogP contribution in [0.1, 0.15) is 15.9 Å². The summed E-state index contributed by atoms with van der Waals surface area (Å²) in [7, 11) is 1.67. The van der Waals surface area contributed by atoms with Gasteiger partial charge in [0, 0.05) is 24.7 Å². The number of amides is 1. The van der Waals surface area contributed by atoms with Gasteiger partial charge >= 0.3 is 0 Å². The quantitative estimate of drug-likeness (QED) is 0.889. The van der Waals surface area contributed by atoms with E-state index in [1.165, 1.54) is 0 Å². The van der Waals surface area contributed by atoms with E-state index in [0.717, 1.165) is 23.1 Å². The maximum atomic E-state index is 12.2. The van der Waals surface area contributed by atoms with Gasteiger partial charge in [-0.15, -0.1) is 0 Å². The monoisotopic (exact) mass is 312 g/mol. The molecule has 1 aliphatic rings. The molecule has 1 fully saturated rings. The molecule has 2 rings (SSSR count). The highest BCUT2D eigenvalue weighted by Crippen LogP contribution is 2.18. The van der Waals surface area contributed by atoms with Gasteiger partial charge in [-0.1, -0.05) is 6.07 Å². The molecule has 98 valence electrons. The van der Waals surface area contributed by atoms with Crippen LogP contribution in [0.3, 0.4) is 0 Å². The molecule has 0 aromatic heterocycles. The largest absolute Gasteiger partial charge is 0.378 e. The predicted molar refractivity (Wildman–Crippen MR) is 73.8 cm³/mol. The zero-order chi connectivity index (χ0) is 13.1. The Bertz CT molecular complexity index is 451. The first-order chi connectivity index (χ1) is 8.61. The molecule has 4 nitrogen and oxygen atoms in total. The second kappa shape index (κ2) is 5.82. The van der Waals surface area contributed by atoms with Crippen LogP contribution in [0.15, 0.2) is 22.7 Å². The maximum absolute atomic E-state index is 12.2. The first kappa shape index (κ1) is 13.5. The molecule has 2 atom stereocenters. The van der Waals surface area contributed by atoms with E-state index in [1.54, 1.807) is 7.11 Å². The van der Waals surface area contributed by atoms with Gasteiger partial charge < -0.3 is 15.4 Å². The Kier molecular flexibility index (Phi) is 4.37. The Morgan fingerprint density at radius 1 is 1.50 bits per heavy atom. The van der Waals surface area contributed by atoms with Crippen molar-refractivity contribution in [3.8, 4) is 0 Å². The van der Waals surface area contributed by atoms with Crippen molar-refractivity contribution in [1.29, 1.82) is 0 Å². The van der Waals surface area contributed by atoms with E-state index in [0.29, 0.717) is 5.56 Å². The summed E-state index contributed by atoms with van der Waals surface area (Å²) in [5, 5.41) is 6.20. The minimum absolute atomic E-state index is 0.0238. The molecule has 5 heteroatoms. The van der Waals surface area contributed by atoms with Gasteiger partial charge in [-0.3, -0.25) is 4.79 Å². The summed E-state index contributed by atoms with van der Waals surface area (Å²) in [5.74, 6) is -0.0716. The van der Waals surface area contributed by atoms with Crippen molar-refractivity contribution in [3.05, 3.63) is 33.8 Å². The van der Waals surface area contributed by atoms with Crippen molar-refractivity contribution in [2.75, 3.05) is 20.2 Å². The van der Waals surface area contributed by atoms with E-state index in [-0.39, 0.29) is 18.1 Å². The molecule has 1 aromatic rings. The number of aryl methyl sites for hydroxylation is 1. The normalized spacial score (nSPS) is 23.1. The Hall–Kier alpha value is -0.910. The Morgan fingerprint density at radius 3 is 2.94 bits per heavy atom. The van der Waals surface area contributed by atoms with Crippen LogP contribution in [0.2, 0.25) is 0 Å². The summed E-state index contributed by atoms with van der Waals surface area (Å²) in [5.41, 5.74) is 1.78. The maximum Gasteiger partial charge on any atom is 0.252 e. The Balaban J connectivity index is 2.07. The van der Waals surface area contributed by atoms with Crippen LogP contribution >= 0.6 is 15.9 Å². The third kappa shape index (κ3) is 2.91. The smallest absolute Gasteiger partial charge is 0.252 e. The van der Waals surface area contributed by atoms with Crippen LogP contribution < -0.4 is 10.6 Å². The number of halogens is 1. The molecule has 18 heavy (non-hydrogen) atoms. The second-order valence-corrected chi connectivity index (χ2v) is 5.35. The SMILES string of the molecule is CO[C@H]1CNCC1NC(=O)c1ccc(C)cc1Br. The average Bonchev–Trinajstić information content (AvgIpc) is 2.76. The highest BCUT2D eigenvalue weighted by Gasteiger charge is 2.28. The molecule has 1 saturated heterocycles. The van der Waals surface area contributed by atoms with Gasteiger partial charge in [-0.25, -0.2) is 0 Å². The molecule has 1 heterocycles. The number of nitrogens with one attached hydrogen (secondary N) is 2. The molecule has 1 unspecified atom stereocenters. The van der Waals surface area contributed by atoms with Crippen molar-refractivity contribution < 1.29 is 9.53 Å². The lowest BCUT2D eigenvalue weighted by Crippen LogP contribution is -2.43. The van der Waals surface area contributed by atoms with Crippen LogP contribution in [0.25, 0.3) is 0 Å². The van der Waals surface area contributed by atoms with Gasteiger partial charge in [-0.05, 0) is 40.5 Å². The van der Waals surface area contributed by atoms with Gasteiger partial charge in [0.2, 0.25) is 0 Å². The first-order valence-corrected chi connectivity index (χ1v) is 6.71. The van der Waals surface area contributed by atoms with E-state index < -0.39 is 0 Å². The van der Waals surface area contributed by atoms with Crippen LogP contribution in [-0.4, -0.2) is 38.3 Å². The molecule has 1 amide bonds. The van der Waals surface area contributed by atoms with Crippen LogP contribution in [-0.2, 0) is 4.74 Å². The fraction of sp³-hybridized carbons (Fsp3) is 0.462. The standard InChI is InChI=1S/C13H17BrN2O2/c1-8-3-4-9(10(14)5-8)13(17)16-11-6-15-7-12(11)18-2/h3-5,11-12,15H,6-7H2,1-2H3,(H,16,17)/t11?,12-/m0/s1. The van der Waals surface area contributed by atoms with Gasteiger partial charge in [0.1, 0.15) is 0 Å². The number of methoxy groups -OCH3 is 1. The highest BCUT2D eigenvalue weighted by molar-refractivity contribution is 9.10. The number of hydrogen-bond acceptors (Lipinski definition) is 3. The highest BCUT2D eigenvalue weighted by atomic mass is 79.9. The van der Waals surface area contributed by atoms with E-state index in [2.05, 4.69) is 26.6 Å². The lowest BCUT2D eigenvalue weighted by atomic mass is 10.1. The van der Waals surface area contributed by atoms with E-state index >= 15 is 0 Å². The fourth-order valence-electron chi connectivity index (χ4n) is 2.10. The molecule has 1 aliphatic heterocycles. The van der Waals surface area contributed by atoms with Crippen molar-refractivity contribution in [1.82, 2.24) is 10.6 Å². The van der Waals surface area contributed by atoms with E-state index in [9.17, 15) is 4.79 Å². The van der Waals surface area contributed by atoms with Gasteiger partial charge in [0.25, 0.3) is 5.91 Å². The molecular formula is C13H17BrN2O2. The minimum Gasteiger partial charge on any atom is -0.378 e. The molecule has 0 bridgehead atoms. The van der Waals surface area contributed by atoms with Gasteiger partial charge in [-0.2, -0.15) is 0 Å². The van der Waals surface area contributed by atoms with Crippen molar-refractivity contribution in [2.24, 2.45) is 0 Å². The van der Waals surface area contributed by atoms with E-state index in [4.69, 9.17) is 4.74 Å². The van der Waals surface area contributed by atoms with Crippen molar-refractivity contribution in [3.63, 3.8) is 0 Å². The summed E-state index contributed by atoms with van der Waals surface area (Å²) in [6.07, 6.45) is 0.0400. The third-order valence-corrected chi connectivity index (χ3v) is 3.80.